The van der Waals surface area contributed by atoms with Gasteiger partial charge >= 0.3 is 0 Å². The van der Waals surface area contributed by atoms with Gasteiger partial charge in [-0.15, -0.1) is 11.8 Å². The van der Waals surface area contributed by atoms with Crippen molar-refractivity contribution < 1.29 is 27.1 Å². The molecule has 11 heteroatoms. The molecule has 0 heterocycles. The summed E-state index contributed by atoms with van der Waals surface area (Å²) in [4.78, 5) is 29.7. The molecule has 1 aliphatic rings. The Balaban J connectivity index is 1.68. The summed E-state index contributed by atoms with van der Waals surface area (Å²) in [5.74, 6) is -0.745. The molecule has 0 spiro atoms. The maximum absolute atomic E-state index is 14.1. The lowest BCUT2D eigenvalue weighted by atomic mass is 10.1. The van der Waals surface area contributed by atoms with Gasteiger partial charge in [-0.3, -0.25) is 13.9 Å². The number of nitrogens with zero attached hydrogens (tertiary/aromatic N) is 2. The minimum absolute atomic E-state index is 0.00203. The fourth-order valence-corrected chi connectivity index (χ4v) is 6.86. The zero-order valence-electron chi connectivity index (χ0n) is 24.7. The molecule has 1 atom stereocenters. The van der Waals surface area contributed by atoms with Crippen LogP contribution in [0.4, 0.5) is 10.1 Å². The quantitative estimate of drug-likeness (QED) is 0.247. The van der Waals surface area contributed by atoms with Crippen LogP contribution in [-0.4, -0.2) is 56.6 Å². The van der Waals surface area contributed by atoms with E-state index in [9.17, 15) is 22.4 Å². The first kappa shape index (κ1) is 32.3. The summed E-state index contributed by atoms with van der Waals surface area (Å²) in [5, 5.41) is 3.04. The van der Waals surface area contributed by atoms with Gasteiger partial charge in [0.15, 0.2) is 0 Å². The number of hydrogen-bond donors (Lipinski definition) is 1. The van der Waals surface area contributed by atoms with Crippen molar-refractivity contribution in [2.75, 3.05) is 23.7 Å². The van der Waals surface area contributed by atoms with Crippen LogP contribution in [0.25, 0.3) is 0 Å². The molecule has 0 aliphatic heterocycles. The Morgan fingerprint density at radius 2 is 1.63 bits per heavy atom. The number of benzene rings is 3. The van der Waals surface area contributed by atoms with E-state index in [0.717, 1.165) is 34.9 Å². The highest BCUT2D eigenvalue weighted by Crippen LogP contribution is 2.28. The van der Waals surface area contributed by atoms with E-state index in [1.165, 1.54) is 40.9 Å². The highest BCUT2D eigenvalue weighted by atomic mass is 32.2. The molecular weight excluding hydrogens is 590 g/mol. The standard InChI is InChI=1S/C32H38FN3O5S2/c1-4-41-28-15-13-27(14-16-28)36(43(39,40)30-19-17-29(42-3)18-20-30)22-31(37)35(21-24-9-11-25(33)12-10-24)23(2)32(38)34-26-7-5-6-8-26/h9-20,23,26H,4-8,21-22H2,1-3H3,(H,34,38). The van der Waals surface area contributed by atoms with Crippen molar-refractivity contribution in [1.29, 1.82) is 0 Å². The summed E-state index contributed by atoms with van der Waals surface area (Å²) in [6.45, 7) is 3.37. The van der Waals surface area contributed by atoms with Crippen LogP contribution in [0.15, 0.2) is 82.6 Å². The van der Waals surface area contributed by atoms with Crippen LogP contribution >= 0.6 is 11.8 Å². The van der Waals surface area contributed by atoms with Crippen LogP contribution in [0.2, 0.25) is 0 Å². The number of thioether (sulfide) groups is 1. The van der Waals surface area contributed by atoms with E-state index in [2.05, 4.69) is 5.32 Å². The number of hydrogen-bond acceptors (Lipinski definition) is 6. The Morgan fingerprint density at radius 3 is 2.21 bits per heavy atom. The Labute approximate surface area is 257 Å². The lowest BCUT2D eigenvalue weighted by Crippen LogP contribution is -2.52. The molecular formula is C32H38FN3O5S2. The fraction of sp³-hybridized carbons (Fsp3) is 0.375. The molecule has 230 valence electrons. The van der Waals surface area contributed by atoms with Crippen LogP contribution in [0, 0.1) is 5.82 Å². The first-order valence-corrected chi connectivity index (χ1v) is 17.0. The first-order valence-electron chi connectivity index (χ1n) is 14.4. The summed E-state index contributed by atoms with van der Waals surface area (Å²) in [6.07, 6.45) is 5.72. The molecule has 1 N–H and O–H groups in total. The average molecular weight is 628 g/mol. The second-order valence-corrected chi connectivity index (χ2v) is 13.2. The summed E-state index contributed by atoms with van der Waals surface area (Å²) in [6, 6.07) is 17.8. The second-order valence-electron chi connectivity index (χ2n) is 10.4. The lowest BCUT2D eigenvalue weighted by Gasteiger charge is -2.32. The van der Waals surface area contributed by atoms with Crippen molar-refractivity contribution in [2.45, 2.75) is 68.0 Å². The minimum atomic E-state index is -4.19. The van der Waals surface area contributed by atoms with Crippen molar-refractivity contribution >= 4 is 39.3 Å². The second kappa shape index (κ2) is 14.7. The van der Waals surface area contributed by atoms with Gasteiger partial charge in [0.25, 0.3) is 10.0 Å². The fourth-order valence-electron chi connectivity index (χ4n) is 5.04. The Kier molecular flexibility index (Phi) is 11.1. The van der Waals surface area contributed by atoms with E-state index in [1.807, 2.05) is 13.2 Å². The minimum Gasteiger partial charge on any atom is -0.494 e. The van der Waals surface area contributed by atoms with E-state index >= 15 is 0 Å². The van der Waals surface area contributed by atoms with E-state index < -0.39 is 34.3 Å². The van der Waals surface area contributed by atoms with Crippen molar-refractivity contribution in [3.8, 4) is 5.75 Å². The van der Waals surface area contributed by atoms with E-state index in [1.54, 1.807) is 55.5 Å². The number of sulfonamides is 1. The summed E-state index contributed by atoms with van der Waals surface area (Å²) in [5.41, 5.74) is 0.883. The van der Waals surface area contributed by atoms with Gasteiger partial charge in [0, 0.05) is 17.5 Å². The van der Waals surface area contributed by atoms with Crippen molar-refractivity contribution in [1.82, 2.24) is 10.2 Å². The molecule has 4 rings (SSSR count). The van der Waals surface area contributed by atoms with Gasteiger partial charge in [-0.05, 0) is 99.2 Å². The third-order valence-corrected chi connectivity index (χ3v) is 10.0. The van der Waals surface area contributed by atoms with Gasteiger partial charge in [-0.2, -0.15) is 0 Å². The maximum atomic E-state index is 14.1. The number of halogens is 1. The Bertz CT molecular complexity index is 1480. The zero-order valence-corrected chi connectivity index (χ0v) is 26.3. The Morgan fingerprint density at radius 1 is 1.00 bits per heavy atom. The summed E-state index contributed by atoms with van der Waals surface area (Å²) < 4.78 is 48.3. The molecule has 0 aromatic heterocycles. The number of carbonyl (C=O) groups is 2. The molecule has 3 aromatic carbocycles. The topological polar surface area (TPSA) is 96.0 Å². The van der Waals surface area contributed by atoms with Crippen LogP contribution < -0.4 is 14.4 Å². The normalized spacial score (nSPS) is 14.2. The van der Waals surface area contributed by atoms with Crippen LogP contribution in [-0.2, 0) is 26.2 Å². The first-order chi connectivity index (χ1) is 20.6. The van der Waals surface area contributed by atoms with Crippen LogP contribution in [0.3, 0.4) is 0 Å². The van der Waals surface area contributed by atoms with E-state index in [4.69, 9.17) is 4.74 Å². The molecule has 43 heavy (non-hydrogen) atoms. The number of amides is 2. The molecule has 1 aliphatic carbocycles. The Hall–Kier alpha value is -3.57. The lowest BCUT2D eigenvalue weighted by molar-refractivity contribution is -0.139. The third kappa shape index (κ3) is 8.29. The summed E-state index contributed by atoms with van der Waals surface area (Å²) >= 11 is 1.49. The van der Waals surface area contributed by atoms with Gasteiger partial charge in [0.1, 0.15) is 24.2 Å². The molecule has 0 bridgehead atoms. The number of rotatable bonds is 13. The SMILES string of the molecule is CCOc1ccc(N(CC(=O)N(Cc2ccc(F)cc2)C(C)C(=O)NC2CCCC2)S(=O)(=O)c2ccc(SC)cc2)cc1. The van der Waals surface area contributed by atoms with Gasteiger partial charge in [-0.1, -0.05) is 25.0 Å². The van der Waals surface area contributed by atoms with Crippen LogP contribution in [0.5, 0.6) is 5.75 Å². The van der Waals surface area contributed by atoms with Gasteiger partial charge in [0.05, 0.1) is 17.2 Å². The molecule has 1 saturated carbocycles. The predicted octanol–water partition coefficient (Wildman–Crippen LogP) is 5.62. The predicted molar refractivity (Wildman–Crippen MR) is 167 cm³/mol. The van der Waals surface area contributed by atoms with Gasteiger partial charge in [-0.25, -0.2) is 12.8 Å². The third-order valence-electron chi connectivity index (χ3n) is 7.50. The van der Waals surface area contributed by atoms with Gasteiger partial charge in [0.2, 0.25) is 11.8 Å². The molecule has 8 nitrogen and oxygen atoms in total. The van der Waals surface area contributed by atoms with Crippen molar-refractivity contribution in [2.24, 2.45) is 0 Å². The van der Waals surface area contributed by atoms with E-state index in [0.29, 0.717) is 17.9 Å². The van der Waals surface area contributed by atoms with Gasteiger partial charge < -0.3 is 15.0 Å². The van der Waals surface area contributed by atoms with E-state index in [-0.39, 0.29) is 29.1 Å². The monoisotopic (exact) mass is 627 g/mol. The maximum Gasteiger partial charge on any atom is 0.264 e. The number of nitrogens with one attached hydrogen (secondary N) is 1. The molecule has 0 radical (unpaired) electrons. The van der Waals surface area contributed by atoms with Crippen molar-refractivity contribution in [3.05, 3.63) is 84.2 Å². The molecule has 1 fully saturated rings. The number of anilines is 1. The molecule has 1 unspecified atom stereocenters. The molecule has 3 aromatic rings. The van der Waals surface area contributed by atoms with Crippen molar-refractivity contribution in [3.63, 3.8) is 0 Å². The smallest absolute Gasteiger partial charge is 0.264 e. The average Bonchev–Trinajstić information content (AvgIpc) is 3.53. The largest absolute Gasteiger partial charge is 0.494 e. The molecule has 0 saturated heterocycles. The number of ether oxygens (including phenoxy) is 1. The zero-order chi connectivity index (χ0) is 31.0. The highest BCUT2D eigenvalue weighted by molar-refractivity contribution is 7.98. The summed E-state index contributed by atoms with van der Waals surface area (Å²) in [7, 11) is -4.19. The molecule has 2 amide bonds. The number of carbonyl (C=O) groups excluding carboxylic acids is 2. The highest BCUT2D eigenvalue weighted by Gasteiger charge is 2.33. The van der Waals surface area contributed by atoms with Crippen LogP contribution in [0.1, 0.15) is 45.1 Å².